The van der Waals surface area contributed by atoms with Crippen LogP contribution in [0.1, 0.15) is 5.69 Å². The number of nitrogens with zero attached hydrogens (tertiary/aromatic N) is 4. The standard InChI is InChI=1S/C5H7N5/c6-1-2-10-4-5(3-7)8-9-10/h4H,2-3,7H2. The molecule has 0 aliphatic heterocycles. The van der Waals surface area contributed by atoms with Gasteiger partial charge in [-0.05, 0) is 0 Å². The number of hydrogen-bond donors (Lipinski definition) is 1. The Balaban J connectivity index is 2.70. The Kier molecular flexibility index (Phi) is 1.97. The molecule has 2 N–H and O–H groups in total. The van der Waals surface area contributed by atoms with E-state index < -0.39 is 0 Å². The second-order valence-electron chi connectivity index (χ2n) is 1.77. The molecule has 0 saturated heterocycles. The summed E-state index contributed by atoms with van der Waals surface area (Å²) < 4.78 is 1.45. The van der Waals surface area contributed by atoms with Crippen molar-refractivity contribution in [2.45, 2.75) is 13.1 Å². The molecular weight excluding hydrogens is 130 g/mol. The predicted molar refractivity (Wildman–Crippen MR) is 33.5 cm³/mol. The van der Waals surface area contributed by atoms with Crippen LogP contribution in [0.3, 0.4) is 0 Å². The van der Waals surface area contributed by atoms with E-state index in [0.717, 1.165) is 0 Å². The molecule has 5 heteroatoms. The molecule has 10 heavy (non-hydrogen) atoms. The zero-order valence-corrected chi connectivity index (χ0v) is 5.36. The van der Waals surface area contributed by atoms with Crippen LogP contribution in [0.2, 0.25) is 0 Å². The van der Waals surface area contributed by atoms with Gasteiger partial charge in [-0.2, -0.15) is 5.26 Å². The molecule has 0 aliphatic rings. The van der Waals surface area contributed by atoms with Gasteiger partial charge in [-0.1, -0.05) is 5.21 Å². The van der Waals surface area contributed by atoms with Crippen LogP contribution >= 0.6 is 0 Å². The average Bonchev–Trinajstić information content (AvgIpc) is 2.37. The van der Waals surface area contributed by atoms with Crippen molar-refractivity contribution in [2.75, 3.05) is 0 Å². The minimum Gasteiger partial charge on any atom is -0.325 e. The third kappa shape index (κ3) is 1.30. The van der Waals surface area contributed by atoms with Crippen molar-refractivity contribution < 1.29 is 0 Å². The van der Waals surface area contributed by atoms with Crippen molar-refractivity contribution in [1.29, 1.82) is 5.26 Å². The number of rotatable bonds is 2. The van der Waals surface area contributed by atoms with Gasteiger partial charge in [0.15, 0.2) is 0 Å². The van der Waals surface area contributed by atoms with Crippen LogP contribution in [0, 0.1) is 11.3 Å². The van der Waals surface area contributed by atoms with E-state index in [4.69, 9.17) is 11.0 Å². The molecule has 0 fully saturated rings. The minimum absolute atomic E-state index is 0.229. The third-order valence-electron chi connectivity index (χ3n) is 1.03. The first-order valence-corrected chi connectivity index (χ1v) is 2.83. The maximum Gasteiger partial charge on any atom is 0.129 e. The van der Waals surface area contributed by atoms with E-state index in [1.807, 2.05) is 6.07 Å². The highest BCUT2D eigenvalue weighted by Crippen LogP contribution is 1.88. The zero-order chi connectivity index (χ0) is 7.40. The zero-order valence-electron chi connectivity index (χ0n) is 5.36. The molecule has 0 aromatic carbocycles. The molecule has 0 aliphatic carbocycles. The van der Waals surface area contributed by atoms with Gasteiger partial charge in [0.25, 0.3) is 0 Å². The van der Waals surface area contributed by atoms with Gasteiger partial charge in [0.2, 0.25) is 0 Å². The Hall–Kier alpha value is -1.41. The number of aromatic nitrogens is 3. The van der Waals surface area contributed by atoms with Crippen molar-refractivity contribution in [1.82, 2.24) is 15.0 Å². The lowest BCUT2D eigenvalue weighted by molar-refractivity contribution is 0.668. The first kappa shape index (κ1) is 6.71. The van der Waals surface area contributed by atoms with E-state index in [1.54, 1.807) is 6.20 Å². The summed E-state index contributed by atoms with van der Waals surface area (Å²) in [5, 5.41) is 15.6. The summed E-state index contributed by atoms with van der Waals surface area (Å²) in [5.41, 5.74) is 5.96. The van der Waals surface area contributed by atoms with E-state index in [0.29, 0.717) is 12.2 Å². The van der Waals surface area contributed by atoms with Crippen molar-refractivity contribution in [3.05, 3.63) is 11.9 Å². The van der Waals surface area contributed by atoms with Crippen molar-refractivity contribution >= 4 is 0 Å². The number of hydrogen-bond acceptors (Lipinski definition) is 4. The van der Waals surface area contributed by atoms with E-state index in [-0.39, 0.29) is 6.54 Å². The van der Waals surface area contributed by atoms with Crippen LogP contribution in [0.4, 0.5) is 0 Å². The molecule has 0 saturated carbocycles. The quantitative estimate of drug-likeness (QED) is 0.582. The fraction of sp³-hybridized carbons (Fsp3) is 0.400. The maximum atomic E-state index is 8.23. The topological polar surface area (TPSA) is 80.5 Å². The lowest BCUT2D eigenvalue weighted by atomic mass is 10.5. The van der Waals surface area contributed by atoms with E-state index in [9.17, 15) is 0 Å². The molecule has 0 bridgehead atoms. The Morgan fingerprint density at radius 3 is 3.10 bits per heavy atom. The van der Waals surface area contributed by atoms with Gasteiger partial charge in [-0.3, -0.25) is 0 Å². The summed E-state index contributed by atoms with van der Waals surface area (Å²) in [4.78, 5) is 0. The summed E-state index contributed by atoms with van der Waals surface area (Å²) in [5.74, 6) is 0. The smallest absolute Gasteiger partial charge is 0.129 e. The predicted octanol–water partition coefficient (Wildman–Crippen LogP) is -0.740. The molecule has 0 unspecified atom stereocenters. The Bertz CT molecular complexity index is 245. The van der Waals surface area contributed by atoms with Crippen molar-refractivity contribution in [2.24, 2.45) is 5.73 Å². The normalized spacial score (nSPS) is 9.20. The first-order chi connectivity index (χ1) is 4.86. The largest absolute Gasteiger partial charge is 0.325 e. The summed E-state index contributed by atoms with van der Waals surface area (Å²) in [6.45, 7) is 0.596. The Morgan fingerprint density at radius 2 is 2.60 bits per heavy atom. The lowest BCUT2D eigenvalue weighted by Gasteiger charge is -1.84. The van der Waals surface area contributed by atoms with Gasteiger partial charge in [0.05, 0.1) is 18.0 Å². The maximum absolute atomic E-state index is 8.23. The number of nitriles is 1. The lowest BCUT2D eigenvalue weighted by Crippen LogP contribution is -1.96. The third-order valence-corrected chi connectivity index (χ3v) is 1.03. The van der Waals surface area contributed by atoms with Crippen LogP contribution in [0.15, 0.2) is 6.20 Å². The Labute approximate surface area is 58.1 Å². The first-order valence-electron chi connectivity index (χ1n) is 2.83. The highest BCUT2D eigenvalue weighted by atomic mass is 15.4. The molecule has 1 aromatic rings. The van der Waals surface area contributed by atoms with Gasteiger partial charge in [-0.25, -0.2) is 4.68 Å². The number of nitrogens with two attached hydrogens (primary N) is 1. The SMILES string of the molecule is N#CCn1cc(CN)nn1. The fourth-order valence-electron chi connectivity index (χ4n) is 0.582. The van der Waals surface area contributed by atoms with Gasteiger partial charge >= 0.3 is 0 Å². The van der Waals surface area contributed by atoms with Crippen LogP contribution in [0.25, 0.3) is 0 Å². The second-order valence-corrected chi connectivity index (χ2v) is 1.77. The Morgan fingerprint density at radius 1 is 1.80 bits per heavy atom. The highest BCUT2D eigenvalue weighted by Gasteiger charge is 1.95. The van der Waals surface area contributed by atoms with E-state index in [2.05, 4.69) is 10.3 Å². The van der Waals surface area contributed by atoms with Crippen LogP contribution in [-0.4, -0.2) is 15.0 Å². The van der Waals surface area contributed by atoms with Crippen LogP contribution in [0.5, 0.6) is 0 Å². The molecule has 0 spiro atoms. The molecule has 1 rings (SSSR count). The van der Waals surface area contributed by atoms with Crippen molar-refractivity contribution in [3.63, 3.8) is 0 Å². The second kappa shape index (κ2) is 2.94. The van der Waals surface area contributed by atoms with Crippen LogP contribution < -0.4 is 5.73 Å². The van der Waals surface area contributed by atoms with Gasteiger partial charge in [0.1, 0.15) is 6.54 Å². The molecule has 52 valence electrons. The molecule has 1 aromatic heterocycles. The molecule has 0 amide bonds. The van der Waals surface area contributed by atoms with Gasteiger partial charge < -0.3 is 5.73 Å². The average molecular weight is 137 g/mol. The summed E-state index contributed by atoms with van der Waals surface area (Å²) in [6.07, 6.45) is 1.66. The molecule has 0 atom stereocenters. The summed E-state index contributed by atoms with van der Waals surface area (Å²) in [7, 11) is 0. The fourth-order valence-corrected chi connectivity index (χ4v) is 0.582. The van der Waals surface area contributed by atoms with Gasteiger partial charge in [-0.15, -0.1) is 5.10 Å². The molecular formula is C5H7N5. The molecule has 1 heterocycles. The summed E-state index contributed by atoms with van der Waals surface area (Å²) in [6, 6.07) is 1.94. The molecule has 5 nitrogen and oxygen atoms in total. The monoisotopic (exact) mass is 137 g/mol. The van der Waals surface area contributed by atoms with E-state index in [1.165, 1.54) is 4.68 Å². The summed E-state index contributed by atoms with van der Waals surface area (Å²) >= 11 is 0. The highest BCUT2D eigenvalue weighted by molar-refractivity contribution is 4.91. The van der Waals surface area contributed by atoms with Crippen LogP contribution in [-0.2, 0) is 13.1 Å². The van der Waals surface area contributed by atoms with Crippen molar-refractivity contribution in [3.8, 4) is 6.07 Å². The van der Waals surface area contributed by atoms with E-state index >= 15 is 0 Å². The minimum atomic E-state index is 0.229. The van der Waals surface area contributed by atoms with Gasteiger partial charge in [0, 0.05) is 6.54 Å². The molecule has 0 radical (unpaired) electrons.